The third-order valence-electron chi connectivity index (χ3n) is 2.81. The van der Waals surface area contributed by atoms with Gasteiger partial charge in [0.05, 0.1) is 12.0 Å². The van der Waals surface area contributed by atoms with Gasteiger partial charge < -0.3 is 16.2 Å². The van der Waals surface area contributed by atoms with Gasteiger partial charge in [0.2, 0.25) is 5.91 Å². The second-order valence-corrected chi connectivity index (χ2v) is 3.81. The van der Waals surface area contributed by atoms with Gasteiger partial charge in [-0.15, -0.1) is 0 Å². The van der Waals surface area contributed by atoms with Crippen LogP contribution >= 0.6 is 0 Å². The van der Waals surface area contributed by atoms with Crippen molar-refractivity contribution in [3.8, 4) is 0 Å². The van der Waals surface area contributed by atoms with E-state index >= 15 is 0 Å². The van der Waals surface area contributed by atoms with E-state index in [0.717, 1.165) is 19.3 Å². The predicted molar refractivity (Wildman–Crippen MR) is 50.1 cm³/mol. The van der Waals surface area contributed by atoms with Crippen molar-refractivity contribution in [3.63, 3.8) is 0 Å². The van der Waals surface area contributed by atoms with E-state index in [-0.39, 0.29) is 18.4 Å². The quantitative estimate of drug-likeness (QED) is 0.557. The molecular formula is C9H18N2O2. The van der Waals surface area contributed by atoms with E-state index in [0.29, 0.717) is 6.42 Å². The Morgan fingerprint density at radius 1 is 1.69 bits per heavy atom. The highest BCUT2D eigenvalue weighted by Crippen LogP contribution is 2.29. The van der Waals surface area contributed by atoms with E-state index in [1.807, 2.05) is 0 Å². The minimum absolute atomic E-state index is 0.130. The summed E-state index contributed by atoms with van der Waals surface area (Å²) in [6, 6.07) is -0.251. The zero-order chi connectivity index (χ0) is 9.90. The number of hydrogen-bond acceptors (Lipinski definition) is 3. The molecule has 1 fully saturated rings. The van der Waals surface area contributed by atoms with E-state index in [1.54, 1.807) is 7.05 Å². The van der Waals surface area contributed by atoms with Crippen LogP contribution in [0.3, 0.4) is 0 Å². The molecule has 4 heteroatoms. The first-order chi connectivity index (χ1) is 6.08. The van der Waals surface area contributed by atoms with Gasteiger partial charge >= 0.3 is 0 Å². The smallest absolute Gasteiger partial charge is 0.222 e. The fourth-order valence-electron chi connectivity index (χ4n) is 1.84. The highest BCUT2D eigenvalue weighted by atomic mass is 16.3. The summed E-state index contributed by atoms with van der Waals surface area (Å²) in [7, 11) is 1.57. The van der Waals surface area contributed by atoms with Crippen LogP contribution < -0.4 is 11.1 Å². The van der Waals surface area contributed by atoms with Crippen molar-refractivity contribution in [3.05, 3.63) is 0 Å². The third-order valence-corrected chi connectivity index (χ3v) is 2.81. The highest BCUT2D eigenvalue weighted by molar-refractivity contribution is 5.76. The SMILES string of the molecule is CNC(=O)CC1(O)CCCC[C@@H]1N. The topological polar surface area (TPSA) is 75.3 Å². The molecule has 1 aliphatic rings. The number of nitrogens with two attached hydrogens (primary N) is 1. The molecule has 4 nitrogen and oxygen atoms in total. The Labute approximate surface area is 78.5 Å². The molecule has 76 valence electrons. The Bertz CT molecular complexity index is 196. The van der Waals surface area contributed by atoms with E-state index < -0.39 is 5.60 Å². The number of nitrogens with one attached hydrogen (secondary N) is 1. The Morgan fingerprint density at radius 2 is 2.38 bits per heavy atom. The number of hydrogen-bond donors (Lipinski definition) is 3. The van der Waals surface area contributed by atoms with Crippen molar-refractivity contribution in [2.75, 3.05) is 7.05 Å². The summed E-state index contributed by atoms with van der Waals surface area (Å²) in [6.07, 6.45) is 3.60. The van der Waals surface area contributed by atoms with Crippen LogP contribution in [0.5, 0.6) is 0 Å². The van der Waals surface area contributed by atoms with Gasteiger partial charge in [0.1, 0.15) is 0 Å². The summed E-state index contributed by atoms with van der Waals surface area (Å²) in [5.74, 6) is -0.139. The molecule has 1 rings (SSSR count). The Hall–Kier alpha value is -0.610. The first-order valence-corrected chi connectivity index (χ1v) is 4.77. The molecule has 13 heavy (non-hydrogen) atoms. The van der Waals surface area contributed by atoms with Gasteiger partial charge in [-0.05, 0) is 12.8 Å². The maximum absolute atomic E-state index is 11.1. The minimum Gasteiger partial charge on any atom is -0.388 e. The molecule has 0 bridgehead atoms. The largest absolute Gasteiger partial charge is 0.388 e. The van der Waals surface area contributed by atoms with Crippen LogP contribution in [-0.4, -0.2) is 29.7 Å². The first-order valence-electron chi connectivity index (χ1n) is 4.77. The zero-order valence-corrected chi connectivity index (χ0v) is 8.05. The third kappa shape index (κ3) is 2.42. The standard InChI is InChI=1S/C9H18N2O2/c1-11-8(12)6-9(13)5-3-2-4-7(9)10/h7,13H,2-6,10H2,1H3,(H,11,12)/t7-,9?/m0/s1. The maximum atomic E-state index is 11.1. The van der Waals surface area contributed by atoms with Crippen molar-refractivity contribution >= 4 is 5.91 Å². The molecule has 0 aromatic heterocycles. The molecule has 0 aliphatic heterocycles. The maximum Gasteiger partial charge on any atom is 0.222 e. The van der Waals surface area contributed by atoms with Crippen molar-refractivity contribution in [2.24, 2.45) is 5.73 Å². The molecule has 1 saturated carbocycles. The van der Waals surface area contributed by atoms with Crippen LogP contribution in [0.1, 0.15) is 32.1 Å². The molecule has 0 radical (unpaired) electrons. The predicted octanol–water partition coefficient (Wildman–Crippen LogP) is -0.245. The van der Waals surface area contributed by atoms with Crippen LogP contribution in [-0.2, 0) is 4.79 Å². The number of aliphatic hydroxyl groups is 1. The van der Waals surface area contributed by atoms with E-state index in [9.17, 15) is 9.90 Å². The van der Waals surface area contributed by atoms with Gasteiger partial charge in [-0.3, -0.25) is 4.79 Å². The first kappa shape index (κ1) is 10.5. The van der Waals surface area contributed by atoms with Gasteiger partial charge in [-0.2, -0.15) is 0 Å². The highest BCUT2D eigenvalue weighted by Gasteiger charge is 2.38. The van der Waals surface area contributed by atoms with Crippen LogP contribution in [0, 0.1) is 0 Å². The zero-order valence-electron chi connectivity index (χ0n) is 8.05. The van der Waals surface area contributed by atoms with Gasteiger partial charge in [0.25, 0.3) is 0 Å². The lowest BCUT2D eigenvalue weighted by Gasteiger charge is -2.37. The van der Waals surface area contributed by atoms with Crippen molar-refractivity contribution < 1.29 is 9.90 Å². The molecule has 1 aliphatic carbocycles. The van der Waals surface area contributed by atoms with Crippen molar-refractivity contribution in [1.29, 1.82) is 0 Å². The summed E-state index contributed by atoms with van der Waals surface area (Å²) in [6.45, 7) is 0. The molecule has 1 unspecified atom stereocenters. The molecule has 0 aromatic rings. The molecule has 4 N–H and O–H groups in total. The summed E-state index contributed by atoms with van der Waals surface area (Å²) in [5.41, 5.74) is 4.81. The van der Waals surface area contributed by atoms with Gasteiger partial charge in [0, 0.05) is 13.1 Å². The average molecular weight is 186 g/mol. The molecule has 0 spiro atoms. The van der Waals surface area contributed by atoms with Crippen LogP contribution in [0.4, 0.5) is 0 Å². The van der Waals surface area contributed by atoms with Gasteiger partial charge in [-0.25, -0.2) is 0 Å². The lowest BCUT2D eigenvalue weighted by Crippen LogP contribution is -2.52. The Morgan fingerprint density at radius 3 is 2.92 bits per heavy atom. The van der Waals surface area contributed by atoms with Crippen molar-refractivity contribution in [1.82, 2.24) is 5.32 Å². The lowest BCUT2D eigenvalue weighted by atomic mass is 9.78. The van der Waals surface area contributed by atoms with E-state index in [1.165, 1.54) is 0 Å². The summed E-state index contributed by atoms with van der Waals surface area (Å²) in [4.78, 5) is 11.1. The van der Waals surface area contributed by atoms with Crippen LogP contribution in [0.25, 0.3) is 0 Å². The average Bonchev–Trinajstić information content (AvgIpc) is 2.10. The fourth-order valence-corrected chi connectivity index (χ4v) is 1.84. The molecule has 0 heterocycles. The number of carbonyl (C=O) groups is 1. The fraction of sp³-hybridized carbons (Fsp3) is 0.889. The normalized spacial score (nSPS) is 34.2. The molecule has 2 atom stereocenters. The van der Waals surface area contributed by atoms with Crippen molar-refractivity contribution in [2.45, 2.75) is 43.7 Å². The number of amides is 1. The monoisotopic (exact) mass is 186 g/mol. The Kier molecular flexibility index (Phi) is 3.27. The second-order valence-electron chi connectivity index (χ2n) is 3.81. The summed E-state index contributed by atoms with van der Waals surface area (Å²) >= 11 is 0. The number of carbonyl (C=O) groups excluding carboxylic acids is 1. The summed E-state index contributed by atoms with van der Waals surface area (Å²) < 4.78 is 0. The second kappa shape index (κ2) is 4.07. The minimum atomic E-state index is -0.974. The number of rotatable bonds is 2. The Balaban J connectivity index is 2.56. The molecular weight excluding hydrogens is 168 g/mol. The van der Waals surface area contributed by atoms with Crippen LogP contribution in [0.15, 0.2) is 0 Å². The summed E-state index contributed by atoms with van der Waals surface area (Å²) in [5, 5.41) is 12.6. The van der Waals surface area contributed by atoms with E-state index in [2.05, 4.69) is 5.32 Å². The molecule has 1 amide bonds. The lowest BCUT2D eigenvalue weighted by molar-refractivity contribution is -0.127. The van der Waals surface area contributed by atoms with E-state index in [4.69, 9.17) is 5.73 Å². The molecule has 0 aromatic carbocycles. The van der Waals surface area contributed by atoms with Gasteiger partial charge in [0.15, 0.2) is 0 Å². The van der Waals surface area contributed by atoms with Crippen LogP contribution in [0.2, 0.25) is 0 Å². The van der Waals surface area contributed by atoms with Gasteiger partial charge in [-0.1, -0.05) is 12.8 Å². The molecule has 0 saturated heterocycles.